The van der Waals surface area contributed by atoms with Gasteiger partial charge in [0.25, 0.3) is 0 Å². The number of ether oxygens (including phenoxy) is 3. The van der Waals surface area contributed by atoms with Crippen molar-refractivity contribution in [2.45, 2.75) is 33.0 Å². The van der Waals surface area contributed by atoms with Crippen LogP contribution < -0.4 is 15.2 Å². The number of rotatable bonds is 11. The minimum Gasteiger partial charge on any atom is -0.493 e. The van der Waals surface area contributed by atoms with Gasteiger partial charge in [-0.3, -0.25) is 0 Å². The molecule has 2 aromatic carbocycles. The van der Waals surface area contributed by atoms with Gasteiger partial charge < -0.3 is 35.4 Å². The summed E-state index contributed by atoms with van der Waals surface area (Å²) in [6.45, 7) is 5.59. The molecule has 1 heterocycles. The summed E-state index contributed by atoms with van der Waals surface area (Å²) in [6, 6.07) is 13.7. The Labute approximate surface area is 204 Å². The number of aliphatic hydroxyl groups is 1. The Bertz CT molecular complexity index is 1190. The van der Waals surface area contributed by atoms with E-state index in [9.17, 15) is 9.90 Å². The zero-order chi connectivity index (χ0) is 25.4. The number of aryl methyl sites for hydroxylation is 1. The van der Waals surface area contributed by atoms with Gasteiger partial charge in [-0.25, -0.2) is 9.78 Å². The molecule has 0 aliphatic carbocycles. The molecule has 1 aromatic heterocycles. The van der Waals surface area contributed by atoms with Gasteiger partial charge in [-0.1, -0.05) is 12.1 Å². The number of benzene rings is 2. The molecule has 0 spiro atoms. The fourth-order valence-electron chi connectivity index (χ4n) is 3.08. The monoisotopic (exact) mass is 478 g/mol. The SMILES string of the molecule is Cc1[nH]c(/C=C\C(=N)c2ccccc2OCCCOC(C)(C)O)nc1C(=O)Oc1ccc(N)cc1. The van der Waals surface area contributed by atoms with Crippen LogP contribution in [0.4, 0.5) is 5.69 Å². The van der Waals surface area contributed by atoms with E-state index in [0.29, 0.717) is 53.9 Å². The highest BCUT2D eigenvalue weighted by Crippen LogP contribution is 2.20. The van der Waals surface area contributed by atoms with Crippen LogP contribution in [0.15, 0.2) is 54.6 Å². The van der Waals surface area contributed by atoms with Gasteiger partial charge in [0.2, 0.25) is 0 Å². The summed E-state index contributed by atoms with van der Waals surface area (Å²) >= 11 is 0. The summed E-state index contributed by atoms with van der Waals surface area (Å²) in [5, 5.41) is 18.1. The van der Waals surface area contributed by atoms with Crippen molar-refractivity contribution in [1.29, 1.82) is 5.41 Å². The van der Waals surface area contributed by atoms with Crippen LogP contribution in [-0.2, 0) is 4.74 Å². The van der Waals surface area contributed by atoms with Crippen molar-refractivity contribution in [1.82, 2.24) is 9.97 Å². The highest BCUT2D eigenvalue weighted by molar-refractivity contribution is 6.10. The normalized spacial score (nSPS) is 11.5. The lowest BCUT2D eigenvalue weighted by molar-refractivity contribution is -0.176. The number of nitrogens with two attached hydrogens (primary N) is 1. The van der Waals surface area contributed by atoms with Crippen molar-refractivity contribution in [3.63, 3.8) is 0 Å². The van der Waals surface area contributed by atoms with Crippen LogP contribution in [0, 0.1) is 12.3 Å². The number of allylic oxidation sites excluding steroid dienone is 1. The van der Waals surface area contributed by atoms with Crippen LogP contribution in [0.5, 0.6) is 11.5 Å². The van der Waals surface area contributed by atoms with Gasteiger partial charge in [-0.05, 0) is 69.3 Å². The molecule has 0 saturated heterocycles. The van der Waals surface area contributed by atoms with Crippen LogP contribution in [0.1, 0.15) is 47.8 Å². The molecule has 3 aromatic rings. The molecule has 0 aliphatic heterocycles. The molecule has 0 bridgehead atoms. The molecule has 0 unspecified atom stereocenters. The predicted molar refractivity (Wildman–Crippen MR) is 134 cm³/mol. The molecule has 5 N–H and O–H groups in total. The molecule has 0 radical (unpaired) electrons. The first-order chi connectivity index (χ1) is 16.6. The number of para-hydroxylation sites is 1. The van der Waals surface area contributed by atoms with Gasteiger partial charge >= 0.3 is 5.97 Å². The van der Waals surface area contributed by atoms with E-state index in [1.807, 2.05) is 12.1 Å². The Morgan fingerprint density at radius 2 is 1.89 bits per heavy atom. The number of carbonyl (C=O) groups excluding carboxylic acids is 1. The number of nitrogens with zero attached hydrogens (tertiary/aromatic N) is 1. The second-order valence-electron chi connectivity index (χ2n) is 8.29. The molecule has 35 heavy (non-hydrogen) atoms. The molecule has 0 atom stereocenters. The number of carbonyl (C=O) groups is 1. The number of esters is 1. The fraction of sp³-hybridized carbons (Fsp3) is 0.269. The van der Waals surface area contributed by atoms with Crippen molar-refractivity contribution in [3.05, 3.63) is 77.4 Å². The van der Waals surface area contributed by atoms with Gasteiger partial charge in [0.05, 0.1) is 18.9 Å². The minimum atomic E-state index is -1.18. The van der Waals surface area contributed by atoms with Crippen molar-refractivity contribution in [2.24, 2.45) is 0 Å². The Hall–Kier alpha value is -3.95. The minimum absolute atomic E-state index is 0.157. The third-order valence-electron chi connectivity index (χ3n) is 4.77. The van der Waals surface area contributed by atoms with Crippen molar-refractivity contribution >= 4 is 23.4 Å². The van der Waals surface area contributed by atoms with Gasteiger partial charge in [-0.2, -0.15) is 0 Å². The summed E-state index contributed by atoms with van der Waals surface area (Å²) in [7, 11) is 0. The third-order valence-corrected chi connectivity index (χ3v) is 4.77. The summed E-state index contributed by atoms with van der Waals surface area (Å²) in [5.74, 6) is -0.423. The second-order valence-corrected chi connectivity index (χ2v) is 8.29. The van der Waals surface area contributed by atoms with E-state index in [2.05, 4.69) is 9.97 Å². The molecule has 0 amide bonds. The molecule has 0 aliphatic rings. The van der Waals surface area contributed by atoms with Gasteiger partial charge in [0.15, 0.2) is 11.5 Å². The molecule has 9 nitrogen and oxygen atoms in total. The summed E-state index contributed by atoms with van der Waals surface area (Å²) in [6.07, 6.45) is 3.78. The lowest BCUT2D eigenvalue weighted by atomic mass is 10.1. The Morgan fingerprint density at radius 1 is 1.17 bits per heavy atom. The Kier molecular flexibility index (Phi) is 8.40. The molecular weight excluding hydrogens is 448 g/mol. The van der Waals surface area contributed by atoms with Gasteiger partial charge in [-0.15, -0.1) is 0 Å². The van der Waals surface area contributed by atoms with Crippen LogP contribution in [0.2, 0.25) is 0 Å². The molecule has 9 heteroatoms. The Balaban J connectivity index is 1.62. The molecule has 0 fully saturated rings. The summed E-state index contributed by atoms with van der Waals surface area (Å²) in [4.78, 5) is 19.8. The molecular formula is C26H30N4O5. The van der Waals surface area contributed by atoms with E-state index in [1.54, 1.807) is 69.3 Å². The van der Waals surface area contributed by atoms with Crippen LogP contribution in [-0.4, -0.2) is 45.8 Å². The average Bonchev–Trinajstić information content (AvgIpc) is 3.19. The lowest BCUT2D eigenvalue weighted by Gasteiger charge is -2.18. The number of aromatic nitrogens is 2. The first-order valence-electron chi connectivity index (χ1n) is 11.1. The number of aromatic amines is 1. The van der Waals surface area contributed by atoms with E-state index in [0.717, 1.165) is 0 Å². The third kappa shape index (κ3) is 7.80. The number of imidazole rings is 1. The first kappa shape index (κ1) is 25.7. The number of nitrogen functional groups attached to an aromatic ring is 1. The van der Waals surface area contributed by atoms with E-state index < -0.39 is 11.8 Å². The number of anilines is 1. The molecule has 184 valence electrons. The number of H-pyrrole nitrogens is 1. The standard InChI is InChI=1S/C26H30N4O5/c1-17-24(25(31)35-19-11-9-18(27)10-12-19)30-23(29-17)14-13-21(28)20-7-4-5-8-22(20)33-15-6-16-34-26(2,3)32/h4-5,7-14,28,32H,6,15-16,27H2,1-3H3,(H,29,30)/b14-13-,28-21?. The van der Waals surface area contributed by atoms with Gasteiger partial charge in [0.1, 0.15) is 17.3 Å². The zero-order valence-corrected chi connectivity index (χ0v) is 20.0. The fourth-order valence-corrected chi connectivity index (χ4v) is 3.08. The second kappa shape index (κ2) is 11.5. The summed E-state index contributed by atoms with van der Waals surface area (Å²) < 4.78 is 16.4. The van der Waals surface area contributed by atoms with Crippen molar-refractivity contribution in [2.75, 3.05) is 18.9 Å². The predicted octanol–water partition coefficient (Wildman–Crippen LogP) is 4.11. The van der Waals surface area contributed by atoms with Crippen molar-refractivity contribution < 1.29 is 24.1 Å². The number of hydrogen-bond donors (Lipinski definition) is 4. The maximum absolute atomic E-state index is 12.5. The quantitative estimate of drug-likeness (QED) is 0.0810. The highest BCUT2D eigenvalue weighted by Gasteiger charge is 2.17. The summed E-state index contributed by atoms with van der Waals surface area (Å²) in [5.41, 5.74) is 7.76. The molecule has 3 rings (SSSR count). The first-order valence-corrected chi connectivity index (χ1v) is 11.1. The maximum Gasteiger partial charge on any atom is 0.364 e. The average molecular weight is 479 g/mol. The lowest BCUT2D eigenvalue weighted by Crippen LogP contribution is -2.24. The number of hydrogen-bond acceptors (Lipinski definition) is 8. The largest absolute Gasteiger partial charge is 0.493 e. The van der Waals surface area contributed by atoms with E-state index in [1.165, 1.54) is 0 Å². The van der Waals surface area contributed by atoms with Gasteiger partial charge in [0, 0.05) is 23.4 Å². The maximum atomic E-state index is 12.5. The Morgan fingerprint density at radius 3 is 2.60 bits per heavy atom. The zero-order valence-electron chi connectivity index (χ0n) is 20.0. The molecule has 0 saturated carbocycles. The van der Waals surface area contributed by atoms with Crippen LogP contribution in [0.3, 0.4) is 0 Å². The van der Waals surface area contributed by atoms with E-state index in [-0.39, 0.29) is 11.4 Å². The van der Waals surface area contributed by atoms with E-state index >= 15 is 0 Å². The van der Waals surface area contributed by atoms with Crippen LogP contribution >= 0.6 is 0 Å². The van der Waals surface area contributed by atoms with E-state index in [4.69, 9.17) is 25.4 Å². The smallest absolute Gasteiger partial charge is 0.364 e. The van der Waals surface area contributed by atoms with Crippen LogP contribution in [0.25, 0.3) is 6.08 Å². The topological polar surface area (TPSA) is 144 Å². The van der Waals surface area contributed by atoms with Crippen molar-refractivity contribution in [3.8, 4) is 11.5 Å². The number of nitrogens with one attached hydrogen (secondary N) is 2. The highest BCUT2D eigenvalue weighted by atomic mass is 16.6.